The number of nitrogens with zero attached hydrogens (tertiary/aromatic N) is 1. The number of carbonyl (C=O) groups is 1. The predicted octanol–water partition coefficient (Wildman–Crippen LogP) is 1.62. The Morgan fingerprint density at radius 2 is 2.27 bits per heavy atom. The van der Waals surface area contributed by atoms with Crippen LogP contribution < -0.4 is 5.32 Å². The summed E-state index contributed by atoms with van der Waals surface area (Å²) in [5, 5.41) is 3.10. The quantitative estimate of drug-likeness (QED) is 0.801. The highest BCUT2D eigenvalue weighted by Gasteiger charge is 2.02. The summed E-state index contributed by atoms with van der Waals surface area (Å²) in [5.74, 6) is 0.0965. The van der Waals surface area contributed by atoms with E-state index in [-0.39, 0.29) is 5.91 Å². The number of likely N-dealkylation sites (N-methyl/N-ethyl adjacent to an activating group) is 1. The number of hydrogen-bond acceptors (Lipinski definition) is 3. The van der Waals surface area contributed by atoms with Crippen molar-refractivity contribution in [1.82, 2.24) is 10.2 Å². The molecular weight excluding hydrogens is 232 g/mol. The lowest BCUT2D eigenvalue weighted by Gasteiger charge is -2.10. The smallest absolute Gasteiger partial charge is 0.236 e. The van der Waals surface area contributed by atoms with Gasteiger partial charge in [0, 0.05) is 25.5 Å². The molecule has 1 rings (SSSR count). The van der Waals surface area contributed by atoms with Crippen molar-refractivity contribution in [3.05, 3.63) is 21.3 Å². The Labute approximate surface area is 99.0 Å². The van der Waals surface area contributed by atoms with E-state index < -0.39 is 0 Å². The van der Waals surface area contributed by atoms with Gasteiger partial charge in [-0.2, -0.15) is 0 Å². The molecule has 84 valence electrons. The Hall–Kier alpha value is -0.580. The lowest BCUT2D eigenvalue weighted by molar-refractivity contribution is -0.127. The first-order valence-electron chi connectivity index (χ1n) is 4.74. The Kier molecular flexibility index (Phi) is 5.08. The van der Waals surface area contributed by atoms with Crippen molar-refractivity contribution >= 4 is 28.8 Å². The summed E-state index contributed by atoms with van der Waals surface area (Å²) >= 11 is 7.39. The zero-order chi connectivity index (χ0) is 11.3. The molecule has 3 nitrogen and oxygen atoms in total. The first-order chi connectivity index (χ1) is 7.09. The zero-order valence-corrected chi connectivity index (χ0v) is 10.5. The third-order valence-corrected chi connectivity index (χ3v) is 3.24. The van der Waals surface area contributed by atoms with Crippen LogP contribution in [0.3, 0.4) is 0 Å². The van der Waals surface area contributed by atoms with Gasteiger partial charge < -0.3 is 10.2 Å². The van der Waals surface area contributed by atoms with Gasteiger partial charge in [-0.3, -0.25) is 4.79 Å². The van der Waals surface area contributed by atoms with Crippen LogP contribution in [0.25, 0.3) is 0 Å². The third-order valence-electron chi connectivity index (χ3n) is 1.95. The van der Waals surface area contributed by atoms with Crippen LogP contribution in [0.5, 0.6) is 0 Å². The van der Waals surface area contributed by atoms with Gasteiger partial charge in [0.2, 0.25) is 5.91 Å². The van der Waals surface area contributed by atoms with E-state index in [1.807, 2.05) is 12.1 Å². The fourth-order valence-corrected chi connectivity index (χ4v) is 2.14. The van der Waals surface area contributed by atoms with Crippen LogP contribution in [0, 0.1) is 0 Å². The van der Waals surface area contributed by atoms with Crippen LogP contribution in [-0.2, 0) is 11.2 Å². The van der Waals surface area contributed by atoms with Crippen molar-refractivity contribution in [2.75, 3.05) is 27.2 Å². The average Bonchev–Trinajstić information content (AvgIpc) is 2.58. The van der Waals surface area contributed by atoms with Crippen LogP contribution in [0.15, 0.2) is 12.1 Å². The van der Waals surface area contributed by atoms with Gasteiger partial charge in [-0.15, -0.1) is 11.3 Å². The van der Waals surface area contributed by atoms with Gasteiger partial charge in [0.15, 0.2) is 0 Å². The number of thiophene rings is 1. The molecule has 0 aliphatic rings. The number of nitrogens with one attached hydrogen (secondary N) is 1. The SMILES string of the molecule is CN(C)C(=O)CNCCc1ccc(Cl)s1. The number of rotatable bonds is 5. The fraction of sp³-hybridized carbons (Fsp3) is 0.500. The lowest BCUT2D eigenvalue weighted by atomic mass is 10.3. The summed E-state index contributed by atoms with van der Waals surface area (Å²) in [4.78, 5) is 14.0. The van der Waals surface area contributed by atoms with Gasteiger partial charge in [0.1, 0.15) is 0 Å². The minimum Gasteiger partial charge on any atom is -0.348 e. The van der Waals surface area contributed by atoms with Crippen molar-refractivity contribution in [1.29, 1.82) is 0 Å². The second-order valence-electron chi connectivity index (χ2n) is 3.42. The Bertz CT molecular complexity index is 325. The molecule has 1 aromatic rings. The Morgan fingerprint density at radius 3 is 2.80 bits per heavy atom. The minimum absolute atomic E-state index is 0.0965. The molecule has 0 radical (unpaired) electrons. The summed E-state index contributed by atoms with van der Waals surface area (Å²) in [6.07, 6.45) is 0.915. The third kappa shape index (κ3) is 4.64. The number of halogens is 1. The van der Waals surface area contributed by atoms with Gasteiger partial charge in [-0.25, -0.2) is 0 Å². The largest absolute Gasteiger partial charge is 0.348 e. The Balaban J connectivity index is 2.15. The van der Waals surface area contributed by atoms with Crippen molar-refractivity contribution < 1.29 is 4.79 Å². The summed E-state index contributed by atoms with van der Waals surface area (Å²) in [6, 6.07) is 3.91. The molecule has 0 atom stereocenters. The maximum Gasteiger partial charge on any atom is 0.236 e. The molecule has 0 aromatic carbocycles. The molecule has 1 heterocycles. The van der Waals surface area contributed by atoms with Gasteiger partial charge in [0.25, 0.3) is 0 Å². The van der Waals surface area contributed by atoms with E-state index in [9.17, 15) is 4.79 Å². The predicted molar refractivity (Wildman–Crippen MR) is 64.6 cm³/mol. The maximum atomic E-state index is 11.2. The monoisotopic (exact) mass is 246 g/mol. The molecule has 1 amide bonds. The van der Waals surface area contributed by atoms with E-state index in [0.29, 0.717) is 6.54 Å². The van der Waals surface area contributed by atoms with Gasteiger partial charge in [0.05, 0.1) is 10.9 Å². The highest BCUT2D eigenvalue weighted by molar-refractivity contribution is 7.16. The van der Waals surface area contributed by atoms with Gasteiger partial charge >= 0.3 is 0 Å². The van der Waals surface area contributed by atoms with E-state index in [0.717, 1.165) is 17.3 Å². The summed E-state index contributed by atoms with van der Waals surface area (Å²) in [5.41, 5.74) is 0. The molecular formula is C10H15ClN2OS. The van der Waals surface area contributed by atoms with Crippen LogP contribution >= 0.6 is 22.9 Å². The van der Waals surface area contributed by atoms with Crippen LogP contribution in [-0.4, -0.2) is 38.0 Å². The van der Waals surface area contributed by atoms with E-state index in [4.69, 9.17) is 11.6 Å². The van der Waals surface area contributed by atoms with Crippen molar-refractivity contribution in [3.63, 3.8) is 0 Å². The molecule has 5 heteroatoms. The number of amides is 1. The molecule has 0 unspecified atom stereocenters. The molecule has 0 fully saturated rings. The summed E-state index contributed by atoms with van der Waals surface area (Å²) in [7, 11) is 3.51. The zero-order valence-electron chi connectivity index (χ0n) is 8.92. The molecule has 0 bridgehead atoms. The van der Waals surface area contributed by atoms with Crippen molar-refractivity contribution in [3.8, 4) is 0 Å². The molecule has 0 saturated heterocycles. The van der Waals surface area contributed by atoms with Crippen LogP contribution in [0.4, 0.5) is 0 Å². The second-order valence-corrected chi connectivity index (χ2v) is 5.22. The topological polar surface area (TPSA) is 32.3 Å². The molecule has 1 aromatic heterocycles. The van der Waals surface area contributed by atoms with E-state index >= 15 is 0 Å². The first-order valence-corrected chi connectivity index (χ1v) is 5.94. The summed E-state index contributed by atoms with van der Waals surface area (Å²) in [6.45, 7) is 1.20. The fourth-order valence-electron chi connectivity index (χ4n) is 1.05. The molecule has 0 saturated carbocycles. The molecule has 0 spiro atoms. The van der Waals surface area contributed by atoms with E-state index in [1.165, 1.54) is 4.88 Å². The highest BCUT2D eigenvalue weighted by Crippen LogP contribution is 2.21. The van der Waals surface area contributed by atoms with Crippen molar-refractivity contribution in [2.24, 2.45) is 0 Å². The Morgan fingerprint density at radius 1 is 1.53 bits per heavy atom. The normalized spacial score (nSPS) is 10.3. The van der Waals surface area contributed by atoms with Crippen molar-refractivity contribution in [2.45, 2.75) is 6.42 Å². The number of carbonyl (C=O) groups excluding carboxylic acids is 1. The average molecular weight is 247 g/mol. The summed E-state index contributed by atoms with van der Waals surface area (Å²) < 4.78 is 0.814. The maximum absolute atomic E-state index is 11.2. The number of hydrogen-bond donors (Lipinski definition) is 1. The molecule has 0 aliphatic carbocycles. The highest BCUT2D eigenvalue weighted by atomic mass is 35.5. The lowest BCUT2D eigenvalue weighted by Crippen LogP contribution is -2.33. The molecule has 0 aliphatic heterocycles. The molecule has 1 N–H and O–H groups in total. The van der Waals surface area contributed by atoms with Crippen LogP contribution in [0.2, 0.25) is 4.34 Å². The van der Waals surface area contributed by atoms with E-state index in [1.54, 1.807) is 30.3 Å². The van der Waals surface area contributed by atoms with Gasteiger partial charge in [-0.05, 0) is 18.6 Å². The van der Waals surface area contributed by atoms with Gasteiger partial charge in [-0.1, -0.05) is 11.6 Å². The standard InChI is InChI=1S/C10H15ClN2OS/c1-13(2)10(14)7-12-6-5-8-3-4-9(11)15-8/h3-4,12H,5-7H2,1-2H3. The molecule has 15 heavy (non-hydrogen) atoms. The first kappa shape index (κ1) is 12.5. The van der Waals surface area contributed by atoms with E-state index in [2.05, 4.69) is 5.32 Å². The second kappa shape index (κ2) is 6.10. The minimum atomic E-state index is 0.0965. The van der Waals surface area contributed by atoms with Crippen LogP contribution in [0.1, 0.15) is 4.88 Å².